The van der Waals surface area contributed by atoms with Crippen LogP contribution in [0.1, 0.15) is 58.9 Å². The number of hydrogen-bond acceptors (Lipinski definition) is 11. The number of ketones is 4. The van der Waals surface area contributed by atoms with E-state index in [0.717, 1.165) is 39.1 Å². The number of carbonyl (C=O) groups excluding carboxylic acids is 4. The van der Waals surface area contributed by atoms with Crippen LogP contribution in [0.2, 0.25) is 0 Å². The molecule has 4 aliphatic heterocycles. The lowest BCUT2D eigenvalue weighted by Crippen LogP contribution is -2.46. The van der Waals surface area contributed by atoms with E-state index in [1.807, 2.05) is 56.2 Å². The first kappa shape index (κ1) is 39.8. The van der Waals surface area contributed by atoms with Crippen LogP contribution in [0.3, 0.4) is 0 Å². The first-order valence-electron chi connectivity index (χ1n) is 16.5. The molecule has 4 fully saturated rings. The Morgan fingerprint density at radius 3 is 1.70 bits per heavy atom. The second-order valence-corrected chi connectivity index (χ2v) is 12.9. The van der Waals surface area contributed by atoms with Crippen LogP contribution >= 0.6 is 0 Å². The van der Waals surface area contributed by atoms with E-state index < -0.39 is 0 Å². The standard InChI is InChI=1S/C14H19NO2.C8H15NO.C7H13NO2.C6H11NO2/c1-11(16)14-8-13(9-15(14)2)17-10-12-6-4-3-5-7-12;1-7(10)8-5-3-4-6-9(8)2;1-6(9)7-5-10-4-3-8(7)2;1-5(8)6-3-9-4-7(6)2/h3-7,13-14H,8-10H2,1-2H3;8H,3-6H2,1-2H3;7H,3-5H2,1-2H3;6H,3-4H2,1-2H3/t13-,14-;8-;7-;6-/m0000/s1. The van der Waals surface area contributed by atoms with Crippen molar-refractivity contribution in [3.8, 4) is 0 Å². The Balaban J connectivity index is 0.000000222. The lowest BCUT2D eigenvalue weighted by Gasteiger charge is -2.30. The molecule has 4 heterocycles. The average molecular weight is 647 g/mol. The summed E-state index contributed by atoms with van der Waals surface area (Å²) in [5.41, 5.74) is 1.18. The molecular formula is C35H58N4O7. The number of hydrogen-bond donors (Lipinski definition) is 0. The predicted octanol–water partition coefficient (Wildman–Crippen LogP) is 2.69. The Bertz CT molecular complexity index is 1060. The van der Waals surface area contributed by atoms with Gasteiger partial charge in [0.1, 0.15) is 23.1 Å². The van der Waals surface area contributed by atoms with Crippen LogP contribution in [0.25, 0.3) is 0 Å². The van der Waals surface area contributed by atoms with Crippen molar-refractivity contribution >= 4 is 23.1 Å². The molecule has 4 aliphatic rings. The maximum atomic E-state index is 11.4. The quantitative estimate of drug-likeness (QED) is 0.436. The molecule has 11 heteroatoms. The Morgan fingerprint density at radius 1 is 0.696 bits per heavy atom. The van der Waals surface area contributed by atoms with Gasteiger partial charge in [0.05, 0.1) is 63.4 Å². The maximum Gasteiger partial charge on any atom is 0.149 e. The van der Waals surface area contributed by atoms with E-state index in [9.17, 15) is 19.2 Å². The summed E-state index contributed by atoms with van der Waals surface area (Å²) in [6.45, 7) is 12.4. The third-order valence-corrected chi connectivity index (χ3v) is 8.98. The van der Waals surface area contributed by atoms with E-state index in [2.05, 4.69) is 21.9 Å². The predicted molar refractivity (Wildman–Crippen MR) is 179 cm³/mol. The zero-order valence-corrected chi connectivity index (χ0v) is 29.4. The smallest absolute Gasteiger partial charge is 0.149 e. The van der Waals surface area contributed by atoms with Crippen molar-refractivity contribution < 1.29 is 33.4 Å². The third-order valence-electron chi connectivity index (χ3n) is 8.98. The molecule has 0 aliphatic carbocycles. The zero-order chi connectivity index (χ0) is 34.2. The van der Waals surface area contributed by atoms with Gasteiger partial charge in [-0.05, 0) is 87.3 Å². The third kappa shape index (κ3) is 13.8. The number of ether oxygens (including phenoxy) is 3. The van der Waals surface area contributed by atoms with E-state index in [4.69, 9.17) is 14.2 Å². The lowest BCUT2D eigenvalue weighted by molar-refractivity contribution is -0.127. The summed E-state index contributed by atoms with van der Waals surface area (Å²) in [5.74, 6) is 0.942. The molecule has 0 N–H and O–H groups in total. The molecule has 5 rings (SSSR count). The Kier molecular flexibility index (Phi) is 18.0. The summed E-state index contributed by atoms with van der Waals surface area (Å²) in [4.78, 5) is 52.1. The minimum Gasteiger partial charge on any atom is -0.378 e. The fraction of sp³-hybridized carbons (Fsp3) is 0.714. The normalized spacial score (nSPS) is 27.3. The summed E-state index contributed by atoms with van der Waals surface area (Å²) in [6, 6.07) is 10.4. The van der Waals surface area contributed by atoms with Gasteiger partial charge in [0.2, 0.25) is 0 Å². The van der Waals surface area contributed by atoms with Crippen molar-refractivity contribution in [1.29, 1.82) is 0 Å². The second-order valence-electron chi connectivity index (χ2n) is 12.9. The number of carbonyl (C=O) groups is 4. The van der Waals surface area contributed by atoms with E-state index in [-0.39, 0.29) is 47.6 Å². The van der Waals surface area contributed by atoms with E-state index in [1.54, 1.807) is 27.7 Å². The number of likely N-dealkylation sites (N-methyl/N-ethyl adjacent to an activating group) is 4. The molecule has 0 amide bonds. The number of Topliss-reactive ketones (excluding diaryl/α,β-unsaturated/α-hetero) is 4. The maximum absolute atomic E-state index is 11.4. The zero-order valence-electron chi connectivity index (χ0n) is 29.4. The van der Waals surface area contributed by atoms with Crippen LogP contribution < -0.4 is 0 Å². The molecular weight excluding hydrogens is 588 g/mol. The molecule has 4 saturated heterocycles. The van der Waals surface area contributed by atoms with Crippen molar-refractivity contribution in [3.05, 3.63) is 35.9 Å². The molecule has 46 heavy (non-hydrogen) atoms. The molecule has 0 aromatic heterocycles. The fourth-order valence-corrected chi connectivity index (χ4v) is 5.99. The van der Waals surface area contributed by atoms with Crippen molar-refractivity contribution in [3.63, 3.8) is 0 Å². The molecule has 0 saturated carbocycles. The number of nitrogens with zero attached hydrogens (tertiary/aromatic N) is 4. The minimum atomic E-state index is -0.00579. The Hall–Kier alpha value is -2.38. The van der Waals surface area contributed by atoms with E-state index >= 15 is 0 Å². The van der Waals surface area contributed by atoms with Crippen LogP contribution in [0.5, 0.6) is 0 Å². The monoisotopic (exact) mass is 646 g/mol. The van der Waals surface area contributed by atoms with Crippen LogP contribution in [0.4, 0.5) is 0 Å². The van der Waals surface area contributed by atoms with Gasteiger partial charge < -0.3 is 14.2 Å². The van der Waals surface area contributed by atoms with E-state index in [1.165, 1.54) is 18.4 Å². The van der Waals surface area contributed by atoms with Gasteiger partial charge in [-0.3, -0.25) is 38.8 Å². The summed E-state index contributed by atoms with van der Waals surface area (Å²) < 4.78 is 16.0. The number of rotatable bonds is 7. The van der Waals surface area contributed by atoms with Gasteiger partial charge >= 0.3 is 0 Å². The summed E-state index contributed by atoms with van der Waals surface area (Å²) in [6.07, 6.45) is 4.52. The van der Waals surface area contributed by atoms with Crippen LogP contribution in [0.15, 0.2) is 30.3 Å². The summed E-state index contributed by atoms with van der Waals surface area (Å²) in [7, 11) is 7.86. The van der Waals surface area contributed by atoms with Gasteiger partial charge in [-0.1, -0.05) is 36.8 Å². The SMILES string of the molecule is CC(=O)[C@@H]1CCCCN1C.CC(=O)[C@@H]1COCCN1C.CC(=O)[C@@H]1COCN1C.CC(=O)[C@@H]1C[C@H](OCc2ccccc2)CN1C. The Morgan fingerprint density at radius 2 is 1.26 bits per heavy atom. The van der Waals surface area contributed by atoms with Crippen LogP contribution in [-0.4, -0.2) is 147 Å². The molecule has 260 valence electrons. The molecule has 0 spiro atoms. The summed E-state index contributed by atoms with van der Waals surface area (Å²) in [5, 5.41) is 0. The average Bonchev–Trinajstić information content (AvgIpc) is 3.63. The van der Waals surface area contributed by atoms with Gasteiger partial charge in [-0.2, -0.15) is 0 Å². The Labute approximate surface area is 276 Å². The summed E-state index contributed by atoms with van der Waals surface area (Å²) >= 11 is 0. The van der Waals surface area contributed by atoms with Crippen LogP contribution in [-0.2, 0) is 40.0 Å². The lowest BCUT2D eigenvalue weighted by atomic mass is 10.0. The number of morpholine rings is 1. The van der Waals surface area contributed by atoms with Gasteiger partial charge in [-0.25, -0.2) is 0 Å². The van der Waals surface area contributed by atoms with Gasteiger partial charge in [0.25, 0.3) is 0 Å². The highest BCUT2D eigenvalue weighted by atomic mass is 16.5. The first-order valence-corrected chi connectivity index (χ1v) is 16.5. The fourth-order valence-electron chi connectivity index (χ4n) is 5.99. The van der Waals surface area contributed by atoms with Crippen molar-refractivity contribution in [2.75, 3.05) is 74.4 Å². The van der Waals surface area contributed by atoms with Gasteiger partial charge in [0, 0.05) is 13.1 Å². The molecule has 0 unspecified atom stereocenters. The molecule has 1 aromatic carbocycles. The number of benzene rings is 1. The first-order chi connectivity index (χ1) is 21.8. The van der Waals surface area contributed by atoms with Crippen molar-refractivity contribution in [2.24, 2.45) is 0 Å². The topological polar surface area (TPSA) is 109 Å². The molecule has 0 bridgehead atoms. The van der Waals surface area contributed by atoms with Gasteiger partial charge in [-0.15, -0.1) is 0 Å². The molecule has 5 atom stereocenters. The van der Waals surface area contributed by atoms with Crippen LogP contribution in [0, 0.1) is 0 Å². The van der Waals surface area contributed by atoms with Crippen molar-refractivity contribution in [2.45, 2.75) is 90.3 Å². The van der Waals surface area contributed by atoms with Crippen molar-refractivity contribution in [1.82, 2.24) is 19.6 Å². The second kappa shape index (κ2) is 20.8. The molecule has 11 nitrogen and oxygen atoms in total. The van der Waals surface area contributed by atoms with E-state index in [0.29, 0.717) is 32.3 Å². The van der Waals surface area contributed by atoms with Gasteiger partial charge in [0.15, 0.2) is 0 Å². The highest BCUT2D eigenvalue weighted by molar-refractivity contribution is 5.82. The molecule has 0 radical (unpaired) electrons. The minimum absolute atomic E-state index is 0.00463. The largest absolute Gasteiger partial charge is 0.378 e. The number of likely N-dealkylation sites (tertiary alicyclic amines) is 2. The highest BCUT2D eigenvalue weighted by Gasteiger charge is 2.33. The number of piperidine rings is 1. The highest BCUT2D eigenvalue weighted by Crippen LogP contribution is 2.20. The molecule has 1 aromatic rings.